The van der Waals surface area contributed by atoms with Crippen LogP contribution in [0.25, 0.3) is 0 Å². The number of aromatic carboxylic acids is 1. The maximum Gasteiger partial charge on any atom is 0.335 e. The molecule has 2 aromatic rings. The van der Waals surface area contributed by atoms with Gasteiger partial charge in [0.25, 0.3) is 10.0 Å². The van der Waals surface area contributed by atoms with Gasteiger partial charge in [-0.05, 0) is 38.1 Å². The smallest absolute Gasteiger partial charge is 0.335 e. The largest absolute Gasteiger partial charge is 0.478 e. The van der Waals surface area contributed by atoms with Gasteiger partial charge in [0.2, 0.25) is 0 Å². The minimum Gasteiger partial charge on any atom is -0.478 e. The predicted octanol–water partition coefficient (Wildman–Crippen LogP) is 1.96. The lowest BCUT2D eigenvalue weighted by atomic mass is 10.2. The van der Waals surface area contributed by atoms with Gasteiger partial charge >= 0.3 is 5.97 Å². The molecule has 0 spiro atoms. The number of benzene rings is 1. The third-order valence-corrected chi connectivity index (χ3v) is 4.18. The number of carboxylic acids is 1. The molecule has 7 nitrogen and oxygen atoms in total. The van der Waals surface area contributed by atoms with E-state index in [0.717, 1.165) is 0 Å². The summed E-state index contributed by atoms with van der Waals surface area (Å²) in [5.74, 6) is -0.753. The molecule has 8 heteroatoms. The summed E-state index contributed by atoms with van der Waals surface area (Å²) >= 11 is 0. The van der Waals surface area contributed by atoms with Crippen molar-refractivity contribution in [1.29, 1.82) is 0 Å². The maximum atomic E-state index is 12.3. The van der Waals surface area contributed by atoms with Crippen LogP contribution in [0.1, 0.15) is 30.2 Å². The molecule has 1 aromatic heterocycles. The molecule has 112 valence electrons. The molecule has 21 heavy (non-hydrogen) atoms. The Labute approximate surface area is 122 Å². The maximum absolute atomic E-state index is 12.3. The Hall–Kier alpha value is -2.35. The molecule has 2 rings (SSSR count). The minimum absolute atomic E-state index is 0.00656. The molecule has 1 aromatic carbocycles. The topological polar surface area (TPSA) is 101 Å². The van der Waals surface area contributed by atoms with Crippen LogP contribution in [0.5, 0.6) is 0 Å². The van der Waals surface area contributed by atoms with Gasteiger partial charge in [-0.3, -0.25) is 4.72 Å². The van der Waals surface area contributed by atoms with Gasteiger partial charge in [0.05, 0.1) is 16.7 Å². The van der Waals surface area contributed by atoms with E-state index in [4.69, 9.17) is 5.11 Å². The number of carboxylic acid groups (broad SMARTS) is 1. The quantitative estimate of drug-likeness (QED) is 0.879. The molecule has 1 heterocycles. The van der Waals surface area contributed by atoms with Crippen molar-refractivity contribution < 1.29 is 18.3 Å². The van der Waals surface area contributed by atoms with Gasteiger partial charge in [0.15, 0.2) is 0 Å². The molecule has 0 saturated heterocycles. The second kappa shape index (κ2) is 5.57. The fourth-order valence-electron chi connectivity index (χ4n) is 1.78. The molecule has 0 aliphatic heterocycles. The van der Waals surface area contributed by atoms with Crippen LogP contribution in [0.3, 0.4) is 0 Å². The van der Waals surface area contributed by atoms with Crippen LogP contribution in [0, 0.1) is 0 Å². The summed E-state index contributed by atoms with van der Waals surface area (Å²) in [6, 6.07) is 6.56. The number of hydrogen-bond acceptors (Lipinski definition) is 4. The van der Waals surface area contributed by atoms with E-state index in [1.54, 1.807) is 10.7 Å². The van der Waals surface area contributed by atoms with Crippen LogP contribution in [0.2, 0.25) is 0 Å². The fraction of sp³-hybridized carbons (Fsp3) is 0.231. The Morgan fingerprint density at radius 1 is 1.24 bits per heavy atom. The Kier molecular flexibility index (Phi) is 3.99. The number of aromatic nitrogens is 2. The molecular formula is C13H15N3O4S. The Balaban J connectivity index is 2.30. The van der Waals surface area contributed by atoms with Crippen molar-refractivity contribution in [3.8, 4) is 0 Å². The Morgan fingerprint density at radius 2 is 1.86 bits per heavy atom. The highest BCUT2D eigenvalue weighted by Gasteiger charge is 2.17. The number of sulfonamides is 1. The van der Waals surface area contributed by atoms with Crippen LogP contribution in [-0.2, 0) is 10.0 Å². The van der Waals surface area contributed by atoms with E-state index in [9.17, 15) is 13.2 Å². The summed E-state index contributed by atoms with van der Waals surface area (Å²) in [5, 5.41) is 12.8. The van der Waals surface area contributed by atoms with Crippen LogP contribution >= 0.6 is 0 Å². The predicted molar refractivity (Wildman–Crippen MR) is 76.8 cm³/mol. The number of rotatable bonds is 5. The van der Waals surface area contributed by atoms with Gasteiger partial charge in [-0.25, -0.2) is 17.9 Å². The summed E-state index contributed by atoms with van der Waals surface area (Å²) in [5.41, 5.74) is 0.0289. The normalized spacial score (nSPS) is 11.6. The van der Waals surface area contributed by atoms with E-state index in [1.165, 1.54) is 30.5 Å². The van der Waals surface area contributed by atoms with Gasteiger partial charge in [-0.2, -0.15) is 5.10 Å². The van der Waals surface area contributed by atoms with Crippen molar-refractivity contribution in [2.75, 3.05) is 4.72 Å². The van der Waals surface area contributed by atoms with Gasteiger partial charge in [0.1, 0.15) is 5.82 Å². The van der Waals surface area contributed by atoms with Gasteiger partial charge in [0, 0.05) is 12.1 Å². The van der Waals surface area contributed by atoms with E-state index in [1.807, 2.05) is 13.8 Å². The van der Waals surface area contributed by atoms with Crippen LogP contribution in [0.4, 0.5) is 5.82 Å². The first-order chi connectivity index (χ1) is 9.81. The van der Waals surface area contributed by atoms with E-state index in [0.29, 0.717) is 5.82 Å². The number of anilines is 1. The first-order valence-electron chi connectivity index (χ1n) is 6.21. The molecule has 0 unspecified atom stereocenters. The van der Waals surface area contributed by atoms with Crippen molar-refractivity contribution in [3.05, 3.63) is 42.1 Å². The Morgan fingerprint density at radius 3 is 2.38 bits per heavy atom. The third-order valence-electron chi connectivity index (χ3n) is 2.81. The molecule has 0 amide bonds. The summed E-state index contributed by atoms with van der Waals surface area (Å²) in [4.78, 5) is 10.8. The number of carbonyl (C=O) groups is 1. The van der Waals surface area contributed by atoms with Gasteiger partial charge in [-0.1, -0.05) is 0 Å². The zero-order valence-electron chi connectivity index (χ0n) is 11.5. The minimum atomic E-state index is -3.79. The average molecular weight is 309 g/mol. The molecule has 0 fully saturated rings. The SMILES string of the molecule is CC(C)n1nccc1NS(=O)(=O)c1ccc(C(=O)O)cc1. The molecule has 0 radical (unpaired) electrons. The van der Waals surface area contributed by atoms with Crippen LogP contribution in [0.15, 0.2) is 41.4 Å². The highest BCUT2D eigenvalue weighted by molar-refractivity contribution is 7.92. The first-order valence-corrected chi connectivity index (χ1v) is 7.69. The highest BCUT2D eigenvalue weighted by Crippen LogP contribution is 2.19. The van der Waals surface area contributed by atoms with E-state index in [2.05, 4.69) is 9.82 Å². The van der Waals surface area contributed by atoms with Crippen molar-refractivity contribution in [3.63, 3.8) is 0 Å². The lowest BCUT2D eigenvalue weighted by Gasteiger charge is -2.13. The lowest BCUT2D eigenvalue weighted by molar-refractivity contribution is 0.0696. The second-order valence-electron chi connectivity index (χ2n) is 4.69. The van der Waals surface area contributed by atoms with Gasteiger partial charge < -0.3 is 5.11 Å². The number of nitrogens with one attached hydrogen (secondary N) is 1. The molecule has 0 bridgehead atoms. The fourth-order valence-corrected chi connectivity index (χ4v) is 2.83. The van der Waals surface area contributed by atoms with Crippen LogP contribution in [-0.4, -0.2) is 29.3 Å². The monoisotopic (exact) mass is 309 g/mol. The van der Waals surface area contributed by atoms with Crippen molar-refractivity contribution in [2.45, 2.75) is 24.8 Å². The molecule has 2 N–H and O–H groups in total. The molecule has 0 aliphatic carbocycles. The van der Waals surface area contributed by atoms with Crippen molar-refractivity contribution in [1.82, 2.24) is 9.78 Å². The standard InChI is InChI=1S/C13H15N3O4S/c1-9(2)16-12(7-8-14-16)15-21(19,20)11-5-3-10(4-6-11)13(17)18/h3-9,15H,1-2H3,(H,17,18). The summed E-state index contributed by atoms with van der Waals surface area (Å²) in [6.07, 6.45) is 1.51. The molecular weight excluding hydrogens is 294 g/mol. The third kappa shape index (κ3) is 3.22. The summed E-state index contributed by atoms with van der Waals surface area (Å²) in [7, 11) is -3.79. The van der Waals surface area contributed by atoms with E-state index >= 15 is 0 Å². The van der Waals surface area contributed by atoms with E-state index < -0.39 is 16.0 Å². The zero-order valence-corrected chi connectivity index (χ0v) is 12.3. The van der Waals surface area contributed by atoms with Gasteiger partial charge in [-0.15, -0.1) is 0 Å². The van der Waals surface area contributed by atoms with Crippen molar-refractivity contribution >= 4 is 21.8 Å². The molecule has 0 saturated carbocycles. The molecule has 0 aliphatic rings. The second-order valence-corrected chi connectivity index (χ2v) is 6.37. The first kappa shape index (κ1) is 15.0. The average Bonchev–Trinajstić information content (AvgIpc) is 2.86. The number of nitrogens with zero attached hydrogens (tertiary/aromatic N) is 2. The zero-order chi connectivity index (χ0) is 15.6. The Bertz CT molecular complexity index is 748. The van der Waals surface area contributed by atoms with Crippen LogP contribution < -0.4 is 4.72 Å². The summed E-state index contributed by atoms with van der Waals surface area (Å²) in [6.45, 7) is 3.76. The highest BCUT2D eigenvalue weighted by atomic mass is 32.2. The molecule has 0 atom stereocenters. The lowest BCUT2D eigenvalue weighted by Crippen LogP contribution is -2.17. The number of hydrogen-bond donors (Lipinski definition) is 2. The van der Waals surface area contributed by atoms with Crippen molar-refractivity contribution in [2.24, 2.45) is 0 Å². The summed E-state index contributed by atoms with van der Waals surface area (Å²) < 4.78 is 28.5. The van der Waals surface area contributed by atoms with E-state index in [-0.39, 0.29) is 16.5 Å².